The van der Waals surface area contributed by atoms with Crippen molar-refractivity contribution in [2.75, 3.05) is 0 Å². The predicted molar refractivity (Wildman–Crippen MR) is 273 cm³/mol. The molecule has 1 N–H and O–H groups in total. The summed E-state index contributed by atoms with van der Waals surface area (Å²) in [7, 11) is -9.50. The highest BCUT2D eigenvalue weighted by Gasteiger charge is 2.38. The van der Waals surface area contributed by atoms with Crippen LogP contribution in [0.4, 0.5) is 0 Å². The normalized spacial score (nSPS) is 17.3. The lowest BCUT2D eigenvalue weighted by Gasteiger charge is -2.30. The van der Waals surface area contributed by atoms with Crippen molar-refractivity contribution < 1.29 is 25.2 Å². The van der Waals surface area contributed by atoms with E-state index in [-0.39, 0.29) is 15.9 Å². The highest BCUT2D eigenvalue weighted by atomic mass is 32.2. The molecule has 1 aromatic heterocycles. The van der Waals surface area contributed by atoms with Crippen LogP contribution in [0.5, 0.6) is 0 Å². The van der Waals surface area contributed by atoms with Crippen molar-refractivity contribution >= 4 is 98.7 Å². The van der Waals surface area contributed by atoms with Crippen molar-refractivity contribution in [1.82, 2.24) is 9.97 Å². The van der Waals surface area contributed by atoms with Gasteiger partial charge in [0.25, 0.3) is 20.2 Å². The van der Waals surface area contributed by atoms with Gasteiger partial charge in [-0.3, -0.25) is 8.37 Å². The monoisotopic (exact) mass is 934 g/mol. The first-order chi connectivity index (χ1) is 33.6. The number of fused-ring (bicyclic) bond motifs is 1. The Labute approximate surface area is 397 Å². The Morgan fingerprint density at radius 1 is 0.464 bits per heavy atom. The third-order valence-electron chi connectivity index (χ3n) is 14.4. The van der Waals surface area contributed by atoms with E-state index in [9.17, 15) is 0 Å². The highest BCUT2D eigenvalue weighted by Crippen LogP contribution is 2.49. The van der Waals surface area contributed by atoms with E-state index < -0.39 is 37.3 Å². The lowest BCUT2D eigenvalue weighted by Crippen LogP contribution is -2.21. The number of hydrogen-bond acceptors (Lipinski definition) is 7. The van der Waals surface area contributed by atoms with Crippen molar-refractivity contribution in [3.8, 4) is 0 Å². The number of benzene rings is 9. The van der Waals surface area contributed by atoms with Gasteiger partial charge in [0.2, 0.25) is 0 Å². The fraction of sp³-hybridized carbons (Fsp3) is 0.0678. The van der Waals surface area contributed by atoms with Crippen LogP contribution >= 0.6 is 0 Å². The first-order valence-electron chi connectivity index (χ1n) is 22.9. The second-order valence-electron chi connectivity index (χ2n) is 18.3. The molecule has 2 atom stereocenters. The maximum atomic E-state index is 15.2. The highest BCUT2D eigenvalue weighted by molar-refractivity contribution is 7.87. The number of imidazole rings is 1. The number of aromatic amines is 1. The molecule has 0 saturated carbocycles. The molecule has 4 aliphatic rings. The number of nitrogens with zero attached hydrogens (tertiary/aromatic N) is 1. The van der Waals surface area contributed by atoms with Crippen LogP contribution in [0.1, 0.15) is 56.7 Å². The van der Waals surface area contributed by atoms with Gasteiger partial charge in [0, 0.05) is 0 Å². The number of nitrogens with one attached hydrogen (secondary N) is 1. The summed E-state index contributed by atoms with van der Waals surface area (Å²) in [6, 6.07) is 51.2. The zero-order valence-electron chi connectivity index (χ0n) is 36.7. The molecule has 1 heterocycles. The Kier molecular flexibility index (Phi) is 8.70. The third kappa shape index (κ3) is 6.30. The molecule has 14 rings (SSSR count). The SMILES string of the molecule is O=S(=O)(OC1C(C2=Cc3cccc4cccc(c34)C2)=Cc2cccc3cccc1c23)c1cc(S(=O)(=O)OC2C(C3=Cc4cccc5cccc(c45)C3)=Cc3cccc4cccc2c34)c2nc[nH]c2c1. The molecule has 8 nitrogen and oxygen atoms in total. The molecule has 69 heavy (non-hydrogen) atoms. The van der Waals surface area contributed by atoms with Gasteiger partial charge in [-0.1, -0.05) is 158 Å². The molecular weight excluding hydrogens is 897 g/mol. The first-order valence-corrected chi connectivity index (χ1v) is 25.7. The van der Waals surface area contributed by atoms with Gasteiger partial charge in [0.05, 0.1) is 16.7 Å². The van der Waals surface area contributed by atoms with Crippen molar-refractivity contribution in [2.24, 2.45) is 0 Å². The van der Waals surface area contributed by atoms with Crippen LogP contribution in [0.15, 0.2) is 196 Å². The van der Waals surface area contributed by atoms with Crippen molar-refractivity contribution in [3.63, 3.8) is 0 Å². The van der Waals surface area contributed by atoms with Crippen molar-refractivity contribution in [2.45, 2.75) is 34.8 Å². The third-order valence-corrected chi connectivity index (χ3v) is 16.9. The molecule has 0 bridgehead atoms. The zero-order valence-corrected chi connectivity index (χ0v) is 38.3. The van der Waals surface area contributed by atoms with Gasteiger partial charge in [-0.25, -0.2) is 4.98 Å². The van der Waals surface area contributed by atoms with E-state index >= 15 is 16.8 Å². The van der Waals surface area contributed by atoms with Crippen LogP contribution in [-0.4, -0.2) is 26.8 Å². The Morgan fingerprint density at radius 3 is 1.38 bits per heavy atom. The molecule has 2 unspecified atom stereocenters. The van der Waals surface area contributed by atoms with Gasteiger partial charge in [-0.2, -0.15) is 16.8 Å². The molecule has 332 valence electrons. The molecule has 0 aliphatic heterocycles. The minimum absolute atomic E-state index is 0.0449. The first kappa shape index (κ1) is 40.3. The van der Waals surface area contributed by atoms with E-state index in [0.717, 1.165) is 82.9 Å². The smallest absolute Gasteiger partial charge is 0.300 e. The predicted octanol–water partition coefficient (Wildman–Crippen LogP) is 13.1. The molecule has 0 radical (unpaired) electrons. The van der Waals surface area contributed by atoms with E-state index in [4.69, 9.17) is 8.37 Å². The van der Waals surface area contributed by atoms with Crippen LogP contribution < -0.4 is 0 Å². The standard InChI is InChI=1S/C59H38N2O6S2/c62-68(63,66-58-47-23-7-15-36-13-5-21-42(55(36)47)29-49(58)44-25-38-17-1-9-34-10-2-18-39(26-44)53(34)38)46-31-51-57(61-33-60-51)52(32-46)69(64,65)67-59-48-24-8-16-37-14-6-22-43(56(37)48)30-50(59)45-27-40-19-3-11-35-12-4-20-41(28-45)54(35)40/h1-25,27,29-33,58-59H,26,28H2,(H,60,61). The summed E-state index contributed by atoms with van der Waals surface area (Å²) in [4.78, 5) is 6.64. The summed E-state index contributed by atoms with van der Waals surface area (Å²) in [5.74, 6) is 0. The summed E-state index contributed by atoms with van der Waals surface area (Å²) in [6.07, 6.45) is 8.65. The molecule has 4 aliphatic carbocycles. The number of hydrogen-bond donors (Lipinski definition) is 1. The molecule has 0 fully saturated rings. The summed E-state index contributed by atoms with van der Waals surface area (Å²) in [5, 5.41) is 8.29. The van der Waals surface area contributed by atoms with Gasteiger partial charge >= 0.3 is 0 Å². The van der Waals surface area contributed by atoms with Crippen LogP contribution in [0.2, 0.25) is 0 Å². The van der Waals surface area contributed by atoms with Crippen molar-refractivity contribution in [3.05, 3.63) is 231 Å². The molecule has 0 amide bonds. The Balaban J connectivity index is 0.878. The minimum Gasteiger partial charge on any atom is -0.345 e. The second-order valence-corrected chi connectivity index (χ2v) is 21.4. The topological polar surface area (TPSA) is 115 Å². The molecule has 9 aromatic carbocycles. The van der Waals surface area contributed by atoms with Gasteiger partial charge in [-0.15, -0.1) is 0 Å². The fourth-order valence-electron chi connectivity index (χ4n) is 11.4. The van der Waals surface area contributed by atoms with Crippen LogP contribution in [0, 0.1) is 0 Å². The molecule has 0 spiro atoms. The summed E-state index contributed by atoms with van der Waals surface area (Å²) < 4.78 is 73.6. The summed E-state index contributed by atoms with van der Waals surface area (Å²) in [6.45, 7) is 0. The molecule has 0 saturated heterocycles. The summed E-state index contributed by atoms with van der Waals surface area (Å²) >= 11 is 0. The van der Waals surface area contributed by atoms with Gasteiger partial charge in [0.15, 0.2) is 0 Å². The fourth-order valence-corrected chi connectivity index (χ4v) is 13.8. The minimum atomic E-state index is -4.78. The average Bonchev–Trinajstić information content (AvgIpc) is 3.85. The number of aromatic nitrogens is 2. The lowest BCUT2D eigenvalue weighted by atomic mass is 9.79. The largest absolute Gasteiger partial charge is 0.345 e. The number of rotatable bonds is 8. The average molecular weight is 935 g/mol. The Bertz CT molecular complexity index is 4290. The van der Waals surface area contributed by atoms with E-state index in [1.807, 2.05) is 109 Å². The maximum absolute atomic E-state index is 15.2. The summed E-state index contributed by atoms with van der Waals surface area (Å²) in [5.41, 5.74) is 11.1. The number of H-pyrrole nitrogens is 1. The van der Waals surface area contributed by atoms with E-state index in [1.54, 1.807) is 0 Å². The van der Waals surface area contributed by atoms with E-state index in [1.165, 1.54) is 23.2 Å². The van der Waals surface area contributed by atoms with Crippen molar-refractivity contribution in [1.29, 1.82) is 0 Å². The van der Waals surface area contributed by atoms with E-state index in [2.05, 4.69) is 70.7 Å². The maximum Gasteiger partial charge on any atom is 0.300 e. The zero-order chi connectivity index (χ0) is 46.2. The molecule has 10 heteroatoms. The molecular formula is C59H38N2O6S2. The quantitative estimate of drug-likeness (QED) is 0.151. The van der Waals surface area contributed by atoms with Crippen LogP contribution in [0.3, 0.4) is 0 Å². The van der Waals surface area contributed by atoms with Gasteiger partial charge in [0.1, 0.15) is 22.6 Å². The van der Waals surface area contributed by atoms with Gasteiger partial charge < -0.3 is 4.98 Å². The molecule has 10 aromatic rings. The van der Waals surface area contributed by atoms with E-state index in [0.29, 0.717) is 35.1 Å². The van der Waals surface area contributed by atoms with Gasteiger partial charge in [-0.05, 0) is 147 Å². The second kappa shape index (κ2) is 14.9. The van der Waals surface area contributed by atoms with Crippen LogP contribution in [0.25, 0.3) is 78.4 Å². The Hall–Kier alpha value is -7.73. The van der Waals surface area contributed by atoms with Crippen LogP contribution in [-0.2, 0) is 41.4 Å². The lowest BCUT2D eigenvalue weighted by molar-refractivity contribution is 0.252. The Morgan fingerprint density at radius 2 is 0.884 bits per heavy atom.